The molecular weight excluding hydrogens is 220 g/mol. The number of nitro groups is 1. The van der Waals surface area contributed by atoms with Crippen molar-refractivity contribution in [3.8, 4) is 5.75 Å². The van der Waals surface area contributed by atoms with Crippen molar-refractivity contribution in [1.29, 1.82) is 0 Å². The Bertz CT molecular complexity index is 344. The molecule has 0 saturated heterocycles. The van der Waals surface area contributed by atoms with Crippen LogP contribution in [-0.2, 0) is 6.54 Å². The molecule has 0 aromatic heterocycles. The average Bonchev–Trinajstić information content (AvgIpc) is 2.18. The number of nitrogens with zero attached hydrogens (tertiary/aromatic N) is 1. The summed E-state index contributed by atoms with van der Waals surface area (Å²) in [6, 6.07) is 4.42. The van der Waals surface area contributed by atoms with Gasteiger partial charge in [-0.2, -0.15) is 0 Å². The summed E-state index contributed by atoms with van der Waals surface area (Å²) in [5.74, 6) is 0.612. The Hall–Kier alpha value is -1.33. The molecule has 0 bridgehead atoms. The number of hydrogen-bond donors (Lipinski definition) is 1. The maximum atomic E-state index is 10.5. The first kappa shape index (κ1) is 13.7. The molecule has 5 nitrogen and oxygen atoms in total. The number of hydrogen-bond acceptors (Lipinski definition) is 4. The third-order valence-corrected chi connectivity index (χ3v) is 1.77. The number of non-ortho nitro benzene ring substituents is 1. The van der Waals surface area contributed by atoms with Crippen molar-refractivity contribution in [2.45, 2.75) is 13.5 Å². The summed E-state index contributed by atoms with van der Waals surface area (Å²) in [7, 11) is 0. The molecule has 0 atom stereocenters. The molecule has 0 heterocycles. The fourth-order valence-electron chi connectivity index (χ4n) is 1.14. The number of rotatable bonds is 4. The minimum atomic E-state index is -0.450. The van der Waals surface area contributed by atoms with Crippen molar-refractivity contribution < 1.29 is 9.66 Å². The summed E-state index contributed by atoms with van der Waals surface area (Å²) in [5.41, 5.74) is 6.14. The molecule has 0 fully saturated rings. The molecule has 0 radical (unpaired) electrons. The summed E-state index contributed by atoms with van der Waals surface area (Å²) in [4.78, 5) is 10.0. The van der Waals surface area contributed by atoms with E-state index in [1.54, 1.807) is 6.07 Å². The summed E-state index contributed by atoms with van der Waals surface area (Å²) < 4.78 is 5.26. The molecule has 0 saturated carbocycles. The Morgan fingerprint density at radius 1 is 1.53 bits per heavy atom. The molecule has 0 aliphatic heterocycles. The summed E-state index contributed by atoms with van der Waals surface area (Å²) in [6.45, 7) is 2.60. The van der Waals surface area contributed by atoms with Gasteiger partial charge >= 0.3 is 0 Å². The molecule has 1 aromatic rings. The molecular formula is C9H13ClN2O3. The van der Waals surface area contributed by atoms with Gasteiger partial charge in [0, 0.05) is 24.2 Å². The molecule has 2 N–H and O–H groups in total. The van der Waals surface area contributed by atoms with Gasteiger partial charge in [0.2, 0.25) is 0 Å². The maximum Gasteiger partial charge on any atom is 0.270 e. The highest BCUT2D eigenvalue weighted by Gasteiger charge is 2.09. The predicted octanol–water partition coefficient (Wildman–Crippen LogP) is 1.87. The van der Waals surface area contributed by atoms with E-state index in [0.29, 0.717) is 17.9 Å². The molecule has 84 valence electrons. The molecule has 0 amide bonds. The molecule has 6 heteroatoms. The highest BCUT2D eigenvalue weighted by Crippen LogP contribution is 2.23. The smallest absolute Gasteiger partial charge is 0.270 e. The lowest BCUT2D eigenvalue weighted by Gasteiger charge is -2.07. The van der Waals surface area contributed by atoms with Gasteiger partial charge in [-0.05, 0) is 13.0 Å². The largest absolute Gasteiger partial charge is 0.494 e. The van der Waals surface area contributed by atoms with Crippen molar-refractivity contribution >= 4 is 18.1 Å². The number of nitrogens with two attached hydrogens (primary N) is 1. The summed E-state index contributed by atoms with van der Waals surface area (Å²) in [6.07, 6.45) is 0. The number of benzene rings is 1. The number of ether oxygens (including phenoxy) is 1. The second-order valence-electron chi connectivity index (χ2n) is 2.69. The zero-order chi connectivity index (χ0) is 10.6. The van der Waals surface area contributed by atoms with Crippen LogP contribution in [0.25, 0.3) is 0 Å². The van der Waals surface area contributed by atoms with Gasteiger partial charge in [-0.1, -0.05) is 0 Å². The Morgan fingerprint density at radius 2 is 2.20 bits per heavy atom. The first-order valence-electron chi connectivity index (χ1n) is 4.29. The first-order valence-corrected chi connectivity index (χ1v) is 4.29. The van der Waals surface area contributed by atoms with Gasteiger partial charge in [0.25, 0.3) is 5.69 Å². The first-order chi connectivity index (χ1) is 6.69. The van der Waals surface area contributed by atoms with Crippen LogP contribution in [0, 0.1) is 10.1 Å². The standard InChI is InChI=1S/C9H12N2O3.ClH/c1-2-14-9-4-3-8(11(12)13)5-7(9)6-10;/h3-5H,2,6,10H2,1H3;1H. The SMILES string of the molecule is CCOc1ccc([N+](=O)[O-])cc1CN.Cl. The molecule has 0 aliphatic rings. The van der Waals surface area contributed by atoms with E-state index in [4.69, 9.17) is 10.5 Å². The van der Waals surface area contributed by atoms with Crippen LogP contribution in [0.2, 0.25) is 0 Å². The topological polar surface area (TPSA) is 78.4 Å². The van der Waals surface area contributed by atoms with Crippen LogP contribution >= 0.6 is 12.4 Å². The maximum absolute atomic E-state index is 10.5. The van der Waals surface area contributed by atoms with Gasteiger partial charge < -0.3 is 10.5 Å². The Kier molecular flexibility index (Phi) is 5.66. The van der Waals surface area contributed by atoms with Gasteiger partial charge in [0.15, 0.2) is 0 Å². The second-order valence-corrected chi connectivity index (χ2v) is 2.69. The van der Waals surface area contributed by atoms with E-state index in [2.05, 4.69) is 0 Å². The fourth-order valence-corrected chi connectivity index (χ4v) is 1.14. The zero-order valence-corrected chi connectivity index (χ0v) is 9.12. The molecule has 1 rings (SSSR count). The summed E-state index contributed by atoms with van der Waals surface area (Å²) >= 11 is 0. The van der Waals surface area contributed by atoms with Crippen molar-refractivity contribution in [3.05, 3.63) is 33.9 Å². The normalized spacial score (nSPS) is 9.20. The zero-order valence-electron chi connectivity index (χ0n) is 8.30. The van der Waals surface area contributed by atoms with Crippen molar-refractivity contribution in [2.75, 3.05) is 6.61 Å². The fraction of sp³-hybridized carbons (Fsp3) is 0.333. The monoisotopic (exact) mass is 232 g/mol. The van der Waals surface area contributed by atoms with E-state index in [-0.39, 0.29) is 24.6 Å². The van der Waals surface area contributed by atoms with Crippen LogP contribution < -0.4 is 10.5 Å². The second kappa shape index (κ2) is 6.21. The van der Waals surface area contributed by atoms with Crippen LogP contribution in [0.5, 0.6) is 5.75 Å². The minimum Gasteiger partial charge on any atom is -0.494 e. The lowest BCUT2D eigenvalue weighted by molar-refractivity contribution is -0.384. The van der Waals surface area contributed by atoms with Gasteiger partial charge in [-0.25, -0.2) is 0 Å². The van der Waals surface area contributed by atoms with Crippen molar-refractivity contribution in [1.82, 2.24) is 0 Å². The lowest BCUT2D eigenvalue weighted by Crippen LogP contribution is -2.03. The van der Waals surface area contributed by atoms with Gasteiger partial charge in [-0.3, -0.25) is 10.1 Å². The Labute approximate surface area is 93.8 Å². The average molecular weight is 233 g/mol. The van der Waals surface area contributed by atoms with E-state index in [1.807, 2.05) is 6.92 Å². The van der Waals surface area contributed by atoms with Gasteiger partial charge in [-0.15, -0.1) is 12.4 Å². The van der Waals surface area contributed by atoms with E-state index in [1.165, 1.54) is 12.1 Å². The van der Waals surface area contributed by atoms with Gasteiger partial charge in [0.1, 0.15) is 5.75 Å². The summed E-state index contributed by atoms with van der Waals surface area (Å²) in [5, 5.41) is 10.5. The predicted molar refractivity (Wildman–Crippen MR) is 59.4 cm³/mol. The molecule has 1 aromatic carbocycles. The molecule has 15 heavy (non-hydrogen) atoms. The van der Waals surface area contributed by atoms with E-state index in [0.717, 1.165) is 0 Å². The van der Waals surface area contributed by atoms with Crippen molar-refractivity contribution in [3.63, 3.8) is 0 Å². The van der Waals surface area contributed by atoms with Crippen LogP contribution in [0.1, 0.15) is 12.5 Å². The van der Waals surface area contributed by atoms with Gasteiger partial charge in [0.05, 0.1) is 11.5 Å². The van der Waals surface area contributed by atoms with Crippen LogP contribution in [0.15, 0.2) is 18.2 Å². The van der Waals surface area contributed by atoms with E-state index >= 15 is 0 Å². The quantitative estimate of drug-likeness (QED) is 0.635. The minimum absolute atomic E-state index is 0. The highest BCUT2D eigenvalue weighted by atomic mass is 35.5. The van der Waals surface area contributed by atoms with Crippen LogP contribution in [0.4, 0.5) is 5.69 Å². The van der Waals surface area contributed by atoms with E-state index < -0.39 is 4.92 Å². The molecule has 0 spiro atoms. The Morgan fingerprint density at radius 3 is 2.67 bits per heavy atom. The third-order valence-electron chi connectivity index (χ3n) is 1.77. The lowest BCUT2D eigenvalue weighted by atomic mass is 10.2. The highest BCUT2D eigenvalue weighted by molar-refractivity contribution is 5.85. The number of halogens is 1. The van der Waals surface area contributed by atoms with Crippen LogP contribution in [-0.4, -0.2) is 11.5 Å². The Balaban J connectivity index is 0.00000196. The molecule has 0 aliphatic carbocycles. The number of nitro benzene ring substituents is 1. The van der Waals surface area contributed by atoms with Crippen molar-refractivity contribution in [2.24, 2.45) is 5.73 Å². The molecule has 0 unspecified atom stereocenters. The van der Waals surface area contributed by atoms with E-state index in [9.17, 15) is 10.1 Å². The van der Waals surface area contributed by atoms with Crippen LogP contribution in [0.3, 0.4) is 0 Å². The third kappa shape index (κ3) is 3.38.